The molecule has 6 rings (SSSR count). The number of carbonyl (C=O) groups excluding carboxylic acids is 1. The molecule has 0 bridgehead atoms. The van der Waals surface area contributed by atoms with E-state index in [1.54, 1.807) is 30.3 Å². The van der Waals surface area contributed by atoms with Crippen molar-refractivity contribution >= 4 is 33.7 Å². The van der Waals surface area contributed by atoms with Crippen LogP contribution in [0.15, 0.2) is 113 Å². The zero-order valence-corrected chi connectivity index (χ0v) is 27.0. The first-order valence-electron chi connectivity index (χ1n) is 14.9. The number of hydrogen-bond acceptors (Lipinski definition) is 7. The van der Waals surface area contributed by atoms with Crippen LogP contribution in [0.5, 0.6) is 0 Å². The minimum absolute atomic E-state index is 0.181. The van der Waals surface area contributed by atoms with E-state index < -0.39 is 22.9 Å². The number of para-hydroxylation sites is 1. The van der Waals surface area contributed by atoms with Crippen molar-refractivity contribution in [3.63, 3.8) is 0 Å². The van der Waals surface area contributed by atoms with E-state index in [-0.39, 0.29) is 18.5 Å². The Morgan fingerprint density at radius 3 is 2.02 bits per heavy atom. The van der Waals surface area contributed by atoms with Gasteiger partial charge in [0.15, 0.2) is 0 Å². The summed E-state index contributed by atoms with van der Waals surface area (Å²) in [6.45, 7) is 0.649. The van der Waals surface area contributed by atoms with E-state index >= 15 is 0 Å². The van der Waals surface area contributed by atoms with Gasteiger partial charge in [-0.1, -0.05) is 66.7 Å². The fourth-order valence-corrected chi connectivity index (χ4v) is 6.75. The fourth-order valence-electron chi connectivity index (χ4n) is 5.45. The number of amides is 1. The van der Waals surface area contributed by atoms with Gasteiger partial charge < -0.3 is 5.32 Å². The highest BCUT2D eigenvalue weighted by Crippen LogP contribution is 2.38. The topological polar surface area (TPSA) is 109 Å². The number of thiophene rings is 1. The van der Waals surface area contributed by atoms with Crippen molar-refractivity contribution in [2.45, 2.75) is 19.6 Å². The van der Waals surface area contributed by atoms with Crippen molar-refractivity contribution in [1.29, 1.82) is 0 Å². The molecule has 3 N–H and O–H groups in total. The lowest BCUT2D eigenvalue weighted by Crippen LogP contribution is -2.39. The third-order valence-electron chi connectivity index (χ3n) is 7.68. The lowest BCUT2D eigenvalue weighted by molar-refractivity contribution is -0.116. The highest BCUT2D eigenvalue weighted by molar-refractivity contribution is 7.22. The number of rotatable bonds is 10. The number of hydroxylamine groups is 1. The molecule has 6 aromatic rings. The predicted molar refractivity (Wildman–Crippen MR) is 185 cm³/mol. The first kappa shape index (κ1) is 33.9. The number of anilines is 1. The Kier molecular flexibility index (Phi) is 10.9. The van der Waals surface area contributed by atoms with Gasteiger partial charge in [0.2, 0.25) is 6.41 Å². The van der Waals surface area contributed by atoms with E-state index in [0.717, 1.165) is 31.8 Å². The summed E-state index contributed by atoms with van der Waals surface area (Å²) in [5, 5.41) is 10.7. The van der Waals surface area contributed by atoms with Crippen molar-refractivity contribution < 1.29 is 18.8 Å². The number of aromatic nitrogens is 2. The molecule has 0 aliphatic carbocycles. The summed E-state index contributed by atoms with van der Waals surface area (Å²) in [5.41, 5.74) is 3.90. The minimum atomic E-state index is -0.759. The van der Waals surface area contributed by atoms with Gasteiger partial charge in [0.25, 0.3) is 5.56 Å². The highest BCUT2D eigenvalue weighted by Gasteiger charge is 2.25. The average molecular weight is 670 g/mol. The van der Waals surface area contributed by atoms with Crippen molar-refractivity contribution in [3.05, 3.63) is 152 Å². The van der Waals surface area contributed by atoms with Gasteiger partial charge in [-0.2, -0.15) is 0 Å². The Hall–Kier alpha value is -5.43. The molecular weight excluding hydrogens is 636 g/mol. The Morgan fingerprint density at radius 1 is 0.833 bits per heavy atom. The number of fused-ring (bicyclic) bond motifs is 1. The fraction of sp³-hybridized carbons (Fsp3) is 0.139. The van der Waals surface area contributed by atoms with E-state index in [0.29, 0.717) is 29.0 Å². The molecule has 0 fully saturated rings. The summed E-state index contributed by atoms with van der Waals surface area (Å²) in [4.78, 5) is 40.6. The molecule has 48 heavy (non-hydrogen) atoms. The van der Waals surface area contributed by atoms with Crippen LogP contribution >= 0.6 is 11.3 Å². The van der Waals surface area contributed by atoms with E-state index in [1.807, 2.05) is 68.7 Å². The molecule has 2 heterocycles. The second kappa shape index (κ2) is 15.4. The summed E-state index contributed by atoms with van der Waals surface area (Å²) < 4.78 is 32.3. The minimum Gasteiger partial charge on any atom is -0.388 e. The molecule has 4 aromatic carbocycles. The van der Waals surface area contributed by atoms with Crippen molar-refractivity contribution in [3.8, 4) is 16.1 Å². The summed E-state index contributed by atoms with van der Waals surface area (Å²) in [6.07, 6.45) is 0.181. The Balaban J connectivity index is 0.00000107. The number of benzene rings is 4. The first-order valence-corrected chi connectivity index (χ1v) is 15.7. The van der Waals surface area contributed by atoms with Crippen molar-refractivity contribution in [1.82, 2.24) is 19.5 Å². The summed E-state index contributed by atoms with van der Waals surface area (Å²) in [6, 6.07) is 30.1. The number of halogens is 2. The number of nitrogens with zero attached hydrogens (tertiary/aromatic N) is 3. The number of carbonyl (C=O) groups is 1. The van der Waals surface area contributed by atoms with Crippen molar-refractivity contribution in [2.75, 3.05) is 19.4 Å². The molecule has 0 aliphatic rings. The van der Waals surface area contributed by atoms with Crippen LogP contribution in [0.1, 0.15) is 16.7 Å². The van der Waals surface area contributed by atoms with E-state index in [4.69, 9.17) is 10.0 Å². The molecule has 0 radical (unpaired) electrons. The van der Waals surface area contributed by atoms with Crippen LogP contribution in [0.2, 0.25) is 0 Å². The van der Waals surface area contributed by atoms with Gasteiger partial charge in [0, 0.05) is 36.3 Å². The SMILES string of the molecule is CNc1ccc(-c2sc3c(c2CN(C)Cc2ccccc2)c(=O)n(-c2ccccc2)c(=O)n3Cc2c(F)cccc2F)cc1.O=CNO. The van der Waals surface area contributed by atoms with Gasteiger partial charge in [-0.25, -0.2) is 23.6 Å². The molecule has 0 atom stereocenters. The van der Waals surface area contributed by atoms with Crippen molar-refractivity contribution in [2.24, 2.45) is 0 Å². The largest absolute Gasteiger partial charge is 0.388 e. The Bertz CT molecular complexity index is 2110. The Morgan fingerprint density at radius 2 is 1.44 bits per heavy atom. The standard InChI is InChI=1S/C35H30F2N4O2S.CH3NO2/c1-38-25-18-16-24(17-19-25)32-28(21-39(2)20-23-10-5-3-6-11-23)31-33(42)41(26-12-7-4-8-13-26)35(43)40(34(31)44-32)22-27-29(36)14-9-15-30(27)37;3-1-2-4/h3-19,38H,20-22H2,1-2H3;1,4H,(H,2,3). The molecule has 0 saturated heterocycles. The van der Waals surface area contributed by atoms with Crippen LogP contribution in [0.4, 0.5) is 14.5 Å². The molecule has 9 nitrogen and oxygen atoms in total. The lowest BCUT2D eigenvalue weighted by Gasteiger charge is -2.18. The van der Waals surface area contributed by atoms with Gasteiger partial charge in [0.1, 0.15) is 16.5 Å². The summed E-state index contributed by atoms with van der Waals surface area (Å²) in [5.74, 6) is -1.52. The summed E-state index contributed by atoms with van der Waals surface area (Å²) in [7, 11) is 3.82. The molecular formula is C36H33F2N5O4S. The maximum atomic E-state index is 14.9. The Labute approximate surface area is 278 Å². The molecule has 0 saturated carbocycles. The van der Waals surface area contributed by atoms with Gasteiger partial charge in [0.05, 0.1) is 17.6 Å². The normalized spacial score (nSPS) is 10.9. The van der Waals surface area contributed by atoms with Crippen LogP contribution in [0.3, 0.4) is 0 Å². The average Bonchev–Trinajstić information content (AvgIpc) is 3.47. The molecule has 0 spiro atoms. The second-order valence-corrected chi connectivity index (χ2v) is 11.9. The van der Waals surface area contributed by atoms with E-state index in [9.17, 15) is 18.4 Å². The maximum absolute atomic E-state index is 14.9. The van der Waals surface area contributed by atoms with Gasteiger partial charge >= 0.3 is 5.69 Å². The molecule has 246 valence electrons. The van der Waals surface area contributed by atoms with Crippen LogP contribution in [-0.2, 0) is 24.4 Å². The van der Waals surface area contributed by atoms with Crippen LogP contribution in [0, 0.1) is 11.6 Å². The predicted octanol–water partition coefficient (Wildman–Crippen LogP) is 6.00. The quantitative estimate of drug-likeness (QED) is 0.0938. The van der Waals surface area contributed by atoms with Crippen LogP contribution in [0.25, 0.3) is 26.3 Å². The zero-order chi connectivity index (χ0) is 34.2. The third-order valence-corrected chi connectivity index (χ3v) is 8.98. The maximum Gasteiger partial charge on any atom is 0.337 e. The van der Waals surface area contributed by atoms with Gasteiger partial charge in [-0.15, -0.1) is 11.3 Å². The van der Waals surface area contributed by atoms with Crippen LogP contribution < -0.4 is 22.0 Å². The monoisotopic (exact) mass is 669 g/mol. The molecule has 2 aromatic heterocycles. The lowest BCUT2D eigenvalue weighted by atomic mass is 10.1. The number of nitrogens with one attached hydrogen (secondary N) is 2. The molecule has 0 unspecified atom stereocenters. The molecule has 1 amide bonds. The van der Waals surface area contributed by atoms with Crippen LogP contribution in [-0.4, -0.2) is 39.7 Å². The zero-order valence-electron chi connectivity index (χ0n) is 26.2. The molecule has 0 aliphatic heterocycles. The number of hydrogen-bond donors (Lipinski definition) is 3. The van der Waals surface area contributed by atoms with Gasteiger partial charge in [-0.05, 0) is 60.1 Å². The van der Waals surface area contributed by atoms with E-state index in [1.165, 1.54) is 39.6 Å². The molecule has 12 heteroatoms. The van der Waals surface area contributed by atoms with Gasteiger partial charge in [-0.3, -0.25) is 24.3 Å². The van der Waals surface area contributed by atoms with E-state index in [2.05, 4.69) is 10.2 Å². The summed E-state index contributed by atoms with van der Waals surface area (Å²) >= 11 is 1.29. The third kappa shape index (κ3) is 7.26. The highest BCUT2D eigenvalue weighted by atomic mass is 32.1. The second-order valence-electron chi connectivity index (χ2n) is 10.9. The first-order chi connectivity index (χ1) is 23.3. The smallest absolute Gasteiger partial charge is 0.337 e.